The van der Waals surface area contributed by atoms with Gasteiger partial charge in [0.25, 0.3) is 5.91 Å². The van der Waals surface area contributed by atoms with E-state index in [0.717, 1.165) is 34.7 Å². The van der Waals surface area contributed by atoms with Gasteiger partial charge in [0.2, 0.25) is 5.91 Å². The van der Waals surface area contributed by atoms with Crippen molar-refractivity contribution in [2.75, 3.05) is 51.7 Å². The minimum atomic E-state index is -1.91. The maximum absolute atomic E-state index is 12.4. The van der Waals surface area contributed by atoms with Gasteiger partial charge in [-0.1, -0.05) is 48.0 Å². The molecule has 0 saturated carbocycles. The van der Waals surface area contributed by atoms with Gasteiger partial charge < -0.3 is 73.2 Å². The standard InChI is InChI=1S/C39H60ClN9O12/c1-20-35(40)47-30(36(41)46-20)38(61)48-39(43)45-10-3-2-5-21-6-8-24-14-22(7-9-23(24)13-21)15-25(37(42)60)44-11-4-12-49(16-26(52)31(56)33(58)28(54)18-50)17-27(53)32(57)34(59)29(55)19-51/h6-9,13-14,25-29,31-34,44,50-59H,2-5,10-12,15-19H2,1H3,(H2,41,46)(H2,42,60)(H3,43,45,48,61). The Morgan fingerprint density at radius 1 is 0.787 bits per heavy atom. The molecule has 21 nitrogen and oxygen atoms in total. The number of halogens is 1. The number of primary amides is 1. The predicted octanol–water partition coefficient (Wildman–Crippen LogP) is -4.00. The van der Waals surface area contributed by atoms with Gasteiger partial charge in [-0.3, -0.25) is 25.2 Å². The molecule has 3 rings (SSSR count). The first-order valence-electron chi connectivity index (χ1n) is 19.7. The van der Waals surface area contributed by atoms with Crippen molar-refractivity contribution in [1.29, 1.82) is 5.41 Å². The maximum Gasteiger partial charge on any atom is 0.280 e. The molecule has 0 spiro atoms. The van der Waals surface area contributed by atoms with E-state index in [2.05, 4.69) is 32.0 Å². The second-order valence-electron chi connectivity index (χ2n) is 14.9. The number of benzene rings is 2. The Labute approximate surface area is 357 Å². The molecule has 340 valence electrons. The van der Waals surface area contributed by atoms with Crippen LogP contribution >= 0.6 is 11.6 Å². The van der Waals surface area contributed by atoms with Crippen LogP contribution in [0.1, 0.15) is 46.6 Å². The summed E-state index contributed by atoms with van der Waals surface area (Å²) in [7, 11) is 0. The first-order chi connectivity index (χ1) is 28.9. The first kappa shape index (κ1) is 51.2. The number of aliphatic hydroxyl groups excluding tert-OH is 10. The fourth-order valence-corrected chi connectivity index (χ4v) is 6.54. The lowest BCUT2D eigenvalue weighted by Crippen LogP contribution is -2.53. The topological polar surface area (TPSA) is 377 Å². The van der Waals surface area contributed by atoms with Crippen molar-refractivity contribution in [1.82, 2.24) is 30.8 Å². The van der Waals surface area contributed by atoms with E-state index < -0.39 is 93.0 Å². The zero-order valence-electron chi connectivity index (χ0n) is 33.8. The summed E-state index contributed by atoms with van der Waals surface area (Å²) in [4.78, 5) is 34.2. The minimum Gasteiger partial charge on any atom is -0.394 e. The minimum absolute atomic E-state index is 0.0450. The van der Waals surface area contributed by atoms with E-state index >= 15 is 0 Å². The summed E-state index contributed by atoms with van der Waals surface area (Å²) in [5, 5.41) is 118. The van der Waals surface area contributed by atoms with Gasteiger partial charge in [0, 0.05) is 19.6 Å². The Balaban J connectivity index is 1.52. The number of anilines is 1. The molecule has 9 unspecified atom stereocenters. The van der Waals surface area contributed by atoms with E-state index in [4.69, 9.17) is 38.7 Å². The number of carbonyl (C=O) groups excluding carboxylic acids is 2. The zero-order valence-corrected chi connectivity index (χ0v) is 34.6. The van der Waals surface area contributed by atoms with E-state index in [1.54, 1.807) is 6.92 Å². The number of rotatable bonds is 26. The number of nitrogen functional groups attached to an aromatic ring is 1. The lowest BCUT2D eigenvalue weighted by molar-refractivity contribution is -0.130. The lowest BCUT2D eigenvalue weighted by atomic mass is 9.98. The number of amides is 2. The fourth-order valence-electron chi connectivity index (χ4n) is 6.41. The molecule has 22 heteroatoms. The Hall–Kier alpha value is -4.20. The molecule has 9 atom stereocenters. The number of unbranched alkanes of at least 4 members (excludes halogenated alkanes) is 1. The number of nitrogens with zero attached hydrogens (tertiary/aromatic N) is 3. The van der Waals surface area contributed by atoms with Crippen LogP contribution in [0.5, 0.6) is 0 Å². The molecular formula is C39H60ClN9O12. The molecule has 0 bridgehead atoms. The molecular weight excluding hydrogens is 822 g/mol. The van der Waals surface area contributed by atoms with Crippen LogP contribution in [-0.4, -0.2) is 185 Å². The highest BCUT2D eigenvalue weighted by molar-refractivity contribution is 6.30. The van der Waals surface area contributed by atoms with Crippen molar-refractivity contribution < 1.29 is 60.7 Å². The zero-order chi connectivity index (χ0) is 45.4. The molecule has 0 aliphatic rings. The third kappa shape index (κ3) is 15.9. The molecule has 0 saturated heterocycles. The molecule has 3 aromatic rings. The number of hydrogen-bond donors (Lipinski definition) is 16. The lowest BCUT2D eigenvalue weighted by Gasteiger charge is -2.33. The molecule has 1 aromatic heterocycles. The highest BCUT2D eigenvalue weighted by Crippen LogP contribution is 2.21. The van der Waals surface area contributed by atoms with Gasteiger partial charge in [-0.2, -0.15) is 0 Å². The fraction of sp³-hybridized carbons (Fsp3) is 0.564. The summed E-state index contributed by atoms with van der Waals surface area (Å²) in [6.45, 7) is -0.301. The van der Waals surface area contributed by atoms with Crippen molar-refractivity contribution in [2.24, 2.45) is 5.73 Å². The van der Waals surface area contributed by atoms with Crippen LogP contribution in [0.25, 0.3) is 10.8 Å². The van der Waals surface area contributed by atoms with Crippen molar-refractivity contribution in [3.05, 3.63) is 64.1 Å². The van der Waals surface area contributed by atoms with Gasteiger partial charge in [0.1, 0.15) is 36.6 Å². The number of hydrogen-bond acceptors (Lipinski definition) is 18. The van der Waals surface area contributed by atoms with Crippen LogP contribution in [0.3, 0.4) is 0 Å². The summed E-state index contributed by atoms with van der Waals surface area (Å²) in [6.07, 6.45) is -11.8. The maximum atomic E-state index is 12.4. The van der Waals surface area contributed by atoms with E-state index in [1.165, 1.54) is 4.90 Å². The summed E-state index contributed by atoms with van der Waals surface area (Å²) < 4.78 is 0. The van der Waals surface area contributed by atoms with Gasteiger partial charge >= 0.3 is 0 Å². The van der Waals surface area contributed by atoms with Gasteiger partial charge in [0.05, 0.1) is 37.2 Å². The average molecular weight is 882 g/mol. The van der Waals surface area contributed by atoms with Crippen molar-refractivity contribution in [2.45, 2.75) is 93.9 Å². The molecule has 0 radical (unpaired) electrons. The second-order valence-corrected chi connectivity index (χ2v) is 15.2. The third-order valence-electron chi connectivity index (χ3n) is 10.0. The van der Waals surface area contributed by atoms with Crippen LogP contribution in [0.4, 0.5) is 5.82 Å². The van der Waals surface area contributed by atoms with E-state index in [0.29, 0.717) is 18.7 Å². The molecule has 61 heavy (non-hydrogen) atoms. The number of aliphatic hydroxyl groups is 10. The van der Waals surface area contributed by atoms with Crippen molar-refractivity contribution >= 4 is 46.0 Å². The smallest absolute Gasteiger partial charge is 0.280 e. The second kappa shape index (κ2) is 25.0. The van der Waals surface area contributed by atoms with E-state index in [9.17, 15) is 50.4 Å². The highest BCUT2D eigenvalue weighted by Gasteiger charge is 2.34. The summed E-state index contributed by atoms with van der Waals surface area (Å²) >= 11 is 5.95. The molecule has 0 aliphatic heterocycles. The van der Waals surface area contributed by atoms with Crippen LogP contribution in [0.2, 0.25) is 5.15 Å². The number of fused-ring (bicyclic) bond motifs is 1. The van der Waals surface area contributed by atoms with Gasteiger partial charge in [-0.25, -0.2) is 9.97 Å². The van der Waals surface area contributed by atoms with Crippen LogP contribution in [0, 0.1) is 12.3 Å². The third-order valence-corrected chi connectivity index (χ3v) is 10.4. The number of carbonyl (C=O) groups is 2. The number of nitrogens with two attached hydrogens (primary N) is 2. The summed E-state index contributed by atoms with van der Waals surface area (Å²) in [5.41, 5.74) is 13.6. The van der Waals surface area contributed by atoms with Crippen LogP contribution in [0.15, 0.2) is 36.4 Å². The number of guanidine groups is 1. The van der Waals surface area contributed by atoms with Gasteiger partial charge in [-0.15, -0.1) is 0 Å². The van der Waals surface area contributed by atoms with Crippen molar-refractivity contribution in [3.8, 4) is 0 Å². The van der Waals surface area contributed by atoms with Crippen LogP contribution < -0.4 is 27.4 Å². The Bertz CT molecular complexity index is 1850. The Kier molecular flexibility index (Phi) is 21.0. The monoisotopic (exact) mass is 881 g/mol. The van der Waals surface area contributed by atoms with Crippen LogP contribution in [-0.2, 0) is 17.6 Å². The molecule has 2 aromatic carbocycles. The molecule has 2 amide bonds. The number of nitrogens with one attached hydrogen (secondary N) is 4. The highest BCUT2D eigenvalue weighted by atomic mass is 35.5. The first-order valence-corrected chi connectivity index (χ1v) is 20.1. The Morgan fingerprint density at radius 3 is 1.89 bits per heavy atom. The SMILES string of the molecule is Cc1nc(N)c(C(=O)NC(=N)NCCCCc2ccc3cc(CC(NCCCN(CC(O)C(O)C(O)C(O)CO)CC(O)C(O)C(O)C(O)CO)C(N)=O)ccc3c2)nc1Cl. The van der Waals surface area contributed by atoms with Gasteiger partial charge in [0.15, 0.2) is 22.6 Å². The predicted molar refractivity (Wildman–Crippen MR) is 224 cm³/mol. The quantitative estimate of drug-likeness (QED) is 0.0207. The summed E-state index contributed by atoms with van der Waals surface area (Å²) in [5.74, 6) is -1.61. The number of aromatic nitrogens is 2. The average Bonchev–Trinajstić information content (AvgIpc) is 3.23. The van der Waals surface area contributed by atoms with Crippen molar-refractivity contribution in [3.63, 3.8) is 0 Å². The largest absolute Gasteiger partial charge is 0.394 e. The van der Waals surface area contributed by atoms with E-state index in [1.807, 2.05) is 30.3 Å². The molecule has 0 aliphatic carbocycles. The normalized spacial score (nSPS) is 16.3. The molecule has 18 N–H and O–H groups in total. The molecule has 0 fully saturated rings. The molecule has 1 heterocycles. The summed E-state index contributed by atoms with van der Waals surface area (Å²) in [6, 6.07) is 11.1. The Morgan fingerprint density at radius 2 is 1.33 bits per heavy atom. The number of aryl methyl sites for hydroxylation is 2. The van der Waals surface area contributed by atoms with E-state index in [-0.39, 0.29) is 48.6 Å². The van der Waals surface area contributed by atoms with Gasteiger partial charge in [-0.05, 0) is 74.0 Å².